The summed E-state index contributed by atoms with van der Waals surface area (Å²) < 4.78 is 19.3. The van der Waals surface area contributed by atoms with Crippen molar-refractivity contribution in [1.82, 2.24) is 15.1 Å². The fraction of sp³-hybridized carbons (Fsp3) is 0.273. The SMILES string of the molecule is O=C(c1cc(-c2ccccc2)n[nH]1)N(Cc1cccc(F)c1)CC1CCCO1. The lowest BCUT2D eigenvalue weighted by Gasteiger charge is -2.25. The Morgan fingerprint density at radius 3 is 2.79 bits per heavy atom. The van der Waals surface area contributed by atoms with E-state index in [1.54, 1.807) is 17.0 Å². The van der Waals surface area contributed by atoms with Crippen molar-refractivity contribution in [2.24, 2.45) is 0 Å². The zero-order chi connectivity index (χ0) is 19.3. The molecule has 1 saturated heterocycles. The zero-order valence-electron chi connectivity index (χ0n) is 15.5. The van der Waals surface area contributed by atoms with Gasteiger partial charge in [-0.2, -0.15) is 5.10 Å². The summed E-state index contributed by atoms with van der Waals surface area (Å²) in [5.41, 5.74) is 2.81. The number of aromatic nitrogens is 2. The Morgan fingerprint density at radius 1 is 1.18 bits per heavy atom. The van der Waals surface area contributed by atoms with Crippen molar-refractivity contribution >= 4 is 5.91 Å². The number of rotatable bonds is 6. The molecule has 1 amide bonds. The molecule has 28 heavy (non-hydrogen) atoms. The highest BCUT2D eigenvalue weighted by atomic mass is 19.1. The molecule has 0 aliphatic carbocycles. The summed E-state index contributed by atoms with van der Waals surface area (Å²) in [4.78, 5) is 14.9. The molecule has 5 nitrogen and oxygen atoms in total. The maximum atomic E-state index is 13.6. The normalized spacial score (nSPS) is 16.2. The summed E-state index contributed by atoms with van der Waals surface area (Å²) in [5, 5.41) is 7.13. The van der Waals surface area contributed by atoms with Crippen molar-refractivity contribution < 1.29 is 13.9 Å². The largest absolute Gasteiger partial charge is 0.376 e. The Hall–Kier alpha value is -2.99. The molecule has 6 heteroatoms. The van der Waals surface area contributed by atoms with Crippen molar-refractivity contribution in [2.45, 2.75) is 25.5 Å². The minimum absolute atomic E-state index is 0.00836. The molecule has 1 fully saturated rings. The minimum Gasteiger partial charge on any atom is -0.376 e. The first-order valence-electron chi connectivity index (χ1n) is 9.45. The molecule has 1 N–H and O–H groups in total. The second-order valence-corrected chi connectivity index (χ2v) is 6.98. The first-order chi connectivity index (χ1) is 13.7. The minimum atomic E-state index is -0.310. The van der Waals surface area contributed by atoms with E-state index in [-0.39, 0.29) is 17.8 Å². The van der Waals surface area contributed by atoms with Crippen LogP contribution in [0.2, 0.25) is 0 Å². The predicted molar refractivity (Wildman–Crippen MR) is 104 cm³/mol. The van der Waals surface area contributed by atoms with Gasteiger partial charge < -0.3 is 9.64 Å². The van der Waals surface area contributed by atoms with Gasteiger partial charge in [-0.15, -0.1) is 0 Å². The van der Waals surface area contributed by atoms with Gasteiger partial charge in [0.2, 0.25) is 0 Å². The van der Waals surface area contributed by atoms with Crippen molar-refractivity contribution in [3.8, 4) is 11.3 Å². The van der Waals surface area contributed by atoms with Gasteiger partial charge in [0.15, 0.2) is 0 Å². The fourth-order valence-corrected chi connectivity index (χ4v) is 3.47. The third-order valence-electron chi connectivity index (χ3n) is 4.88. The summed E-state index contributed by atoms with van der Waals surface area (Å²) in [6, 6.07) is 17.8. The van der Waals surface area contributed by atoms with Crippen LogP contribution in [0.3, 0.4) is 0 Å². The monoisotopic (exact) mass is 379 g/mol. The number of carbonyl (C=O) groups is 1. The third kappa shape index (κ3) is 4.28. The van der Waals surface area contributed by atoms with Crippen LogP contribution >= 0.6 is 0 Å². The van der Waals surface area contributed by atoms with Crippen LogP contribution in [0, 0.1) is 5.82 Å². The fourth-order valence-electron chi connectivity index (χ4n) is 3.47. The Kier molecular flexibility index (Phi) is 5.48. The van der Waals surface area contributed by atoms with E-state index in [0.29, 0.717) is 24.5 Å². The molecular weight excluding hydrogens is 357 g/mol. The number of H-pyrrole nitrogens is 1. The predicted octanol–water partition coefficient (Wildman–Crippen LogP) is 4.04. The first kappa shape index (κ1) is 18.4. The number of amides is 1. The second kappa shape index (κ2) is 8.35. The molecule has 0 saturated carbocycles. The molecule has 1 atom stereocenters. The highest BCUT2D eigenvalue weighted by Crippen LogP contribution is 2.20. The molecule has 0 radical (unpaired) electrons. The van der Waals surface area contributed by atoms with E-state index < -0.39 is 0 Å². The maximum Gasteiger partial charge on any atom is 0.272 e. The van der Waals surface area contributed by atoms with Crippen LogP contribution < -0.4 is 0 Å². The molecule has 2 aromatic carbocycles. The van der Waals surface area contributed by atoms with Gasteiger partial charge in [-0.1, -0.05) is 42.5 Å². The van der Waals surface area contributed by atoms with Crippen LogP contribution in [0.25, 0.3) is 11.3 Å². The smallest absolute Gasteiger partial charge is 0.272 e. The number of ether oxygens (including phenoxy) is 1. The number of nitrogens with zero attached hydrogens (tertiary/aromatic N) is 2. The van der Waals surface area contributed by atoms with Crippen LogP contribution in [0.15, 0.2) is 60.7 Å². The molecule has 3 aromatic rings. The standard InChI is InChI=1S/C22H22FN3O2/c23-18-9-4-6-16(12-18)14-26(15-19-10-5-11-28-19)22(27)21-13-20(24-25-21)17-7-2-1-3-8-17/h1-4,6-9,12-13,19H,5,10-11,14-15H2,(H,24,25). The van der Waals surface area contributed by atoms with Gasteiger partial charge in [0.05, 0.1) is 11.8 Å². The lowest BCUT2D eigenvalue weighted by Crippen LogP contribution is -2.37. The van der Waals surface area contributed by atoms with Gasteiger partial charge >= 0.3 is 0 Å². The zero-order valence-corrected chi connectivity index (χ0v) is 15.5. The van der Waals surface area contributed by atoms with E-state index in [9.17, 15) is 9.18 Å². The quantitative estimate of drug-likeness (QED) is 0.703. The summed E-state index contributed by atoms with van der Waals surface area (Å²) in [6.45, 7) is 1.50. The summed E-state index contributed by atoms with van der Waals surface area (Å²) in [7, 11) is 0. The average molecular weight is 379 g/mol. The van der Waals surface area contributed by atoms with E-state index in [1.165, 1.54) is 12.1 Å². The number of benzene rings is 2. The molecule has 1 aromatic heterocycles. The van der Waals surface area contributed by atoms with Crippen molar-refractivity contribution in [3.05, 3.63) is 77.7 Å². The molecule has 1 aliphatic heterocycles. The van der Waals surface area contributed by atoms with Crippen molar-refractivity contribution in [3.63, 3.8) is 0 Å². The van der Waals surface area contributed by atoms with Gasteiger partial charge in [-0.3, -0.25) is 9.89 Å². The molecular formula is C22H22FN3O2. The van der Waals surface area contributed by atoms with Gasteiger partial charge in [-0.25, -0.2) is 4.39 Å². The molecule has 0 bridgehead atoms. The van der Waals surface area contributed by atoms with Gasteiger partial charge in [0.25, 0.3) is 5.91 Å². The molecule has 144 valence electrons. The second-order valence-electron chi connectivity index (χ2n) is 6.98. The van der Waals surface area contributed by atoms with Gasteiger partial charge in [-0.05, 0) is 36.6 Å². The van der Waals surface area contributed by atoms with E-state index in [1.807, 2.05) is 36.4 Å². The number of halogens is 1. The third-order valence-corrected chi connectivity index (χ3v) is 4.88. The maximum absolute atomic E-state index is 13.6. The number of nitrogens with one attached hydrogen (secondary N) is 1. The molecule has 1 aliphatic rings. The van der Waals surface area contributed by atoms with Crippen LogP contribution in [-0.4, -0.2) is 40.3 Å². The van der Waals surface area contributed by atoms with E-state index in [4.69, 9.17) is 4.74 Å². The van der Waals surface area contributed by atoms with E-state index in [0.717, 1.165) is 30.6 Å². The van der Waals surface area contributed by atoms with Gasteiger partial charge in [0, 0.05) is 25.3 Å². The Labute approximate surface area is 163 Å². The van der Waals surface area contributed by atoms with Crippen molar-refractivity contribution in [1.29, 1.82) is 0 Å². The van der Waals surface area contributed by atoms with Crippen LogP contribution in [0.4, 0.5) is 4.39 Å². The molecule has 1 unspecified atom stereocenters. The summed E-state index contributed by atoms with van der Waals surface area (Å²) in [5.74, 6) is -0.482. The number of carbonyl (C=O) groups excluding carboxylic acids is 1. The van der Waals surface area contributed by atoms with E-state index >= 15 is 0 Å². The molecule has 0 spiro atoms. The van der Waals surface area contributed by atoms with Crippen LogP contribution in [0.1, 0.15) is 28.9 Å². The highest BCUT2D eigenvalue weighted by Gasteiger charge is 2.25. The lowest BCUT2D eigenvalue weighted by molar-refractivity contribution is 0.0502. The Bertz CT molecular complexity index is 936. The lowest BCUT2D eigenvalue weighted by atomic mass is 10.1. The molecule has 2 heterocycles. The van der Waals surface area contributed by atoms with Crippen LogP contribution in [0.5, 0.6) is 0 Å². The Morgan fingerprint density at radius 2 is 2.04 bits per heavy atom. The first-order valence-corrected chi connectivity index (χ1v) is 9.45. The summed E-state index contributed by atoms with van der Waals surface area (Å²) in [6.07, 6.45) is 1.93. The Balaban J connectivity index is 1.56. The van der Waals surface area contributed by atoms with E-state index in [2.05, 4.69) is 10.2 Å². The van der Waals surface area contributed by atoms with Crippen LogP contribution in [-0.2, 0) is 11.3 Å². The molecule has 4 rings (SSSR count). The number of hydrogen-bond donors (Lipinski definition) is 1. The van der Waals surface area contributed by atoms with Crippen molar-refractivity contribution in [2.75, 3.05) is 13.2 Å². The van der Waals surface area contributed by atoms with Gasteiger partial charge in [0.1, 0.15) is 11.5 Å². The number of aromatic amines is 1. The topological polar surface area (TPSA) is 58.2 Å². The average Bonchev–Trinajstić information content (AvgIpc) is 3.40. The summed E-state index contributed by atoms with van der Waals surface area (Å²) >= 11 is 0. The number of hydrogen-bond acceptors (Lipinski definition) is 3. The highest BCUT2D eigenvalue weighted by molar-refractivity contribution is 5.93.